The highest BCUT2D eigenvalue weighted by molar-refractivity contribution is 6.31. The number of halogens is 5. The van der Waals surface area contributed by atoms with Crippen molar-refractivity contribution in [2.75, 3.05) is 5.32 Å². The lowest BCUT2D eigenvalue weighted by Gasteiger charge is -2.13. The number of alkyl halides is 3. The van der Waals surface area contributed by atoms with E-state index in [4.69, 9.17) is 21.1 Å². The van der Waals surface area contributed by atoms with Crippen molar-refractivity contribution >= 4 is 34.2 Å². The molecule has 0 bridgehead atoms. The number of carboxylic acids is 1. The molecule has 0 spiro atoms. The quantitative estimate of drug-likeness (QED) is 0.576. The molecule has 4 nitrogen and oxygen atoms in total. The van der Waals surface area contributed by atoms with Crippen LogP contribution in [-0.4, -0.2) is 11.1 Å². The van der Waals surface area contributed by atoms with Crippen LogP contribution in [0.3, 0.4) is 0 Å². The number of anilines is 1. The van der Waals surface area contributed by atoms with Crippen molar-refractivity contribution in [1.29, 1.82) is 0 Å². The van der Waals surface area contributed by atoms with E-state index in [1.54, 1.807) is 18.2 Å². The molecular weight excluding hydrogens is 378 g/mol. The zero-order chi connectivity index (χ0) is 19.1. The smallest absolute Gasteiger partial charge is 0.419 e. The highest BCUT2D eigenvalue weighted by Gasteiger charge is 2.35. The Balaban J connectivity index is 1.84. The Bertz CT molecular complexity index is 998. The molecule has 1 heterocycles. The van der Waals surface area contributed by atoms with Crippen LogP contribution in [0, 0.1) is 5.82 Å². The second-order valence-electron chi connectivity index (χ2n) is 5.46. The van der Waals surface area contributed by atoms with Gasteiger partial charge in [0, 0.05) is 17.6 Å². The van der Waals surface area contributed by atoms with Crippen molar-refractivity contribution in [2.45, 2.75) is 12.7 Å². The van der Waals surface area contributed by atoms with Crippen molar-refractivity contribution in [2.24, 2.45) is 0 Å². The molecule has 3 rings (SSSR count). The number of rotatable bonds is 4. The van der Waals surface area contributed by atoms with Crippen molar-refractivity contribution in [3.05, 3.63) is 64.1 Å². The lowest BCUT2D eigenvalue weighted by atomic mass is 10.1. The molecule has 0 amide bonds. The SMILES string of the molecule is O=C(O)c1cc2ccc(CNc3cc(Cl)c(F)c(C(F)(F)F)c3)cc2o1. The lowest BCUT2D eigenvalue weighted by Crippen LogP contribution is -2.10. The monoisotopic (exact) mass is 387 g/mol. The van der Waals surface area contributed by atoms with Crippen LogP contribution in [0.5, 0.6) is 0 Å². The molecule has 136 valence electrons. The number of fused-ring (bicyclic) bond motifs is 1. The Morgan fingerprint density at radius 3 is 2.58 bits per heavy atom. The third-order valence-electron chi connectivity index (χ3n) is 3.63. The van der Waals surface area contributed by atoms with E-state index in [1.807, 2.05) is 0 Å². The molecule has 2 N–H and O–H groups in total. The van der Waals surface area contributed by atoms with E-state index in [9.17, 15) is 22.4 Å². The second-order valence-corrected chi connectivity index (χ2v) is 5.87. The van der Waals surface area contributed by atoms with Gasteiger partial charge in [-0.2, -0.15) is 13.2 Å². The molecule has 0 atom stereocenters. The first kappa shape index (κ1) is 18.1. The molecule has 1 aromatic heterocycles. The standard InChI is InChI=1S/C17H10ClF4NO3/c18-12-6-10(5-11(15(12)19)17(20,21)22)23-7-8-1-2-9-4-14(16(24)25)26-13(9)3-8/h1-6,23H,7H2,(H,24,25). The molecule has 0 radical (unpaired) electrons. The molecule has 0 aliphatic rings. The van der Waals surface area contributed by atoms with Gasteiger partial charge in [-0.1, -0.05) is 23.7 Å². The molecule has 26 heavy (non-hydrogen) atoms. The third-order valence-corrected chi connectivity index (χ3v) is 3.90. The summed E-state index contributed by atoms with van der Waals surface area (Å²) in [6.45, 7) is 0.0955. The van der Waals surface area contributed by atoms with Gasteiger partial charge < -0.3 is 14.8 Å². The van der Waals surface area contributed by atoms with Crippen LogP contribution < -0.4 is 5.32 Å². The van der Waals surface area contributed by atoms with Gasteiger partial charge in [-0.05, 0) is 29.8 Å². The molecule has 0 fully saturated rings. The predicted octanol–water partition coefficient (Wildman–Crippen LogP) is 5.55. The Kier molecular flexibility index (Phi) is 4.53. The number of carbonyl (C=O) groups is 1. The largest absolute Gasteiger partial charge is 0.475 e. The van der Waals surface area contributed by atoms with Crippen molar-refractivity contribution < 1.29 is 31.9 Å². The average molecular weight is 388 g/mol. The summed E-state index contributed by atoms with van der Waals surface area (Å²) in [4.78, 5) is 10.9. The minimum atomic E-state index is -4.87. The summed E-state index contributed by atoms with van der Waals surface area (Å²) in [6.07, 6.45) is -4.87. The molecule has 3 aromatic rings. The summed E-state index contributed by atoms with van der Waals surface area (Å²) >= 11 is 5.53. The number of furan rings is 1. The maximum atomic E-state index is 13.5. The Labute approximate surface area is 149 Å². The van der Waals surface area contributed by atoms with Gasteiger partial charge in [-0.3, -0.25) is 0 Å². The number of hydrogen-bond donors (Lipinski definition) is 2. The summed E-state index contributed by atoms with van der Waals surface area (Å²) in [5.74, 6) is -2.95. The molecule has 2 aromatic carbocycles. The van der Waals surface area contributed by atoms with Gasteiger partial charge in [0.05, 0.1) is 10.6 Å². The Hall–Kier alpha value is -2.74. The molecule has 0 aliphatic heterocycles. The fourth-order valence-corrected chi connectivity index (χ4v) is 2.61. The molecular formula is C17H10ClF4NO3. The number of carboxylic acid groups (broad SMARTS) is 1. The summed E-state index contributed by atoms with van der Waals surface area (Å²) in [5.41, 5.74) is -0.512. The van der Waals surface area contributed by atoms with E-state index in [-0.39, 0.29) is 18.0 Å². The van der Waals surface area contributed by atoms with Gasteiger partial charge in [-0.15, -0.1) is 0 Å². The van der Waals surface area contributed by atoms with Crippen LogP contribution in [0.25, 0.3) is 11.0 Å². The number of aromatic carboxylic acids is 1. The summed E-state index contributed by atoms with van der Waals surface area (Å²) in [5, 5.41) is 11.6. The van der Waals surface area contributed by atoms with E-state index >= 15 is 0 Å². The molecule has 0 saturated carbocycles. The zero-order valence-electron chi connectivity index (χ0n) is 12.8. The average Bonchev–Trinajstić information content (AvgIpc) is 2.98. The second kappa shape index (κ2) is 6.53. The molecule has 0 saturated heterocycles. The van der Waals surface area contributed by atoms with Crippen LogP contribution in [0.15, 0.2) is 40.8 Å². The first-order chi connectivity index (χ1) is 12.1. The van der Waals surface area contributed by atoms with Crippen LogP contribution in [0.1, 0.15) is 21.7 Å². The predicted molar refractivity (Wildman–Crippen MR) is 86.9 cm³/mol. The Morgan fingerprint density at radius 2 is 1.92 bits per heavy atom. The number of hydrogen-bond acceptors (Lipinski definition) is 3. The minimum Gasteiger partial charge on any atom is -0.475 e. The van der Waals surface area contributed by atoms with E-state index in [1.165, 1.54) is 6.07 Å². The van der Waals surface area contributed by atoms with Gasteiger partial charge in [0.1, 0.15) is 5.58 Å². The van der Waals surface area contributed by atoms with Crippen molar-refractivity contribution in [3.8, 4) is 0 Å². The first-order valence-corrected chi connectivity index (χ1v) is 7.59. The van der Waals surface area contributed by atoms with E-state index < -0.39 is 28.5 Å². The van der Waals surface area contributed by atoms with Gasteiger partial charge >= 0.3 is 12.1 Å². The van der Waals surface area contributed by atoms with Crippen molar-refractivity contribution in [3.63, 3.8) is 0 Å². The third kappa shape index (κ3) is 3.60. The van der Waals surface area contributed by atoms with E-state index in [0.717, 1.165) is 6.07 Å². The van der Waals surface area contributed by atoms with E-state index in [0.29, 0.717) is 22.6 Å². The maximum Gasteiger partial charge on any atom is 0.419 e. The summed E-state index contributed by atoms with van der Waals surface area (Å²) in [6, 6.07) is 7.90. The van der Waals surface area contributed by atoms with Gasteiger partial charge in [0.2, 0.25) is 5.76 Å². The maximum absolute atomic E-state index is 13.5. The topological polar surface area (TPSA) is 62.5 Å². The normalized spacial score (nSPS) is 11.7. The van der Waals surface area contributed by atoms with Gasteiger partial charge in [0.15, 0.2) is 5.82 Å². The highest BCUT2D eigenvalue weighted by atomic mass is 35.5. The lowest BCUT2D eigenvalue weighted by molar-refractivity contribution is -0.139. The number of nitrogens with one attached hydrogen (secondary N) is 1. The molecule has 9 heteroatoms. The van der Waals surface area contributed by atoms with Crippen LogP contribution in [0.4, 0.5) is 23.2 Å². The summed E-state index contributed by atoms with van der Waals surface area (Å²) < 4.78 is 57.2. The van der Waals surface area contributed by atoms with Crippen LogP contribution >= 0.6 is 11.6 Å². The zero-order valence-corrected chi connectivity index (χ0v) is 13.6. The van der Waals surface area contributed by atoms with Gasteiger partial charge in [-0.25, -0.2) is 9.18 Å². The minimum absolute atomic E-state index is 0.00510. The highest BCUT2D eigenvalue weighted by Crippen LogP contribution is 2.36. The first-order valence-electron chi connectivity index (χ1n) is 7.21. The number of benzene rings is 2. The van der Waals surface area contributed by atoms with E-state index in [2.05, 4.69) is 5.32 Å². The Morgan fingerprint density at radius 1 is 1.19 bits per heavy atom. The molecule has 0 aliphatic carbocycles. The van der Waals surface area contributed by atoms with Crippen LogP contribution in [0.2, 0.25) is 5.02 Å². The molecule has 0 unspecified atom stereocenters. The fraction of sp³-hybridized carbons (Fsp3) is 0.118. The van der Waals surface area contributed by atoms with Crippen molar-refractivity contribution in [1.82, 2.24) is 0 Å². The van der Waals surface area contributed by atoms with Gasteiger partial charge in [0.25, 0.3) is 0 Å². The fourth-order valence-electron chi connectivity index (χ4n) is 2.39. The van der Waals surface area contributed by atoms with Crippen LogP contribution in [-0.2, 0) is 12.7 Å². The summed E-state index contributed by atoms with van der Waals surface area (Å²) in [7, 11) is 0.